The van der Waals surface area contributed by atoms with E-state index >= 15 is 0 Å². The number of carbonyl (C=O) groups excluding carboxylic acids is 2. The summed E-state index contributed by atoms with van der Waals surface area (Å²) >= 11 is 0. The minimum Gasteiger partial charge on any atom is -0.489 e. The summed E-state index contributed by atoms with van der Waals surface area (Å²) in [5, 5.41) is 0. The molecular formula is C27H36O6. The van der Waals surface area contributed by atoms with Crippen molar-refractivity contribution in [2.45, 2.75) is 54.6 Å². The number of hydrogen-bond donors (Lipinski definition) is 0. The fourth-order valence-electron chi connectivity index (χ4n) is 3.74. The molecule has 0 fully saturated rings. The maximum Gasteiger partial charge on any atom is 0.338 e. The first-order valence-corrected chi connectivity index (χ1v) is 11.4. The zero-order chi connectivity index (χ0) is 24.5. The van der Waals surface area contributed by atoms with Gasteiger partial charge in [-0.25, -0.2) is 4.79 Å². The van der Waals surface area contributed by atoms with Gasteiger partial charge in [0.25, 0.3) is 0 Å². The van der Waals surface area contributed by atoms with E-state index in [-0.39, 0.29) is 18.0 Å². The van der Waals surface area contributed by atoms with E-state index in [9.17, 15) is 9.59 Å². The average molecular weight is 457 g/mol. The van der Waals surface area contributed by atoms with Gasteiger partial charge in [-0.3, -0.25) is 4.79 Å². The maximum atomic E-state index is 12.3. The molecular weight excluding hydrogens is 420 g/mol. The first kappa shape index (κ1) is 26.2. The van der Waals surface area contributed by atoms with Gasteiger partial charge in [-0.15, -0.1) is 0 Å². The fourth-order valence-corrected chi connectivity index (χ4v) is 3.74. The van der Waals surface area contributed by atoms with E-state index in [1.54, 1.807) is 32.0 Å². The molecule has 0 aromatic heterocycles. The molecule has 2 rings (SSSR count). The second-order valence-corrected chi connectivity index (χ2v) is 9.39. The van der Waals surface area contributed by atoms with Crippen LogP contribution in [0.15, 0.2) is 48.5 Å². The molecule has 0 saturated heterocycles. The van der Waals surface area contributed by atoms with Crippen LogP contribution in [0.2, 0.25) is 0 Å². The summed E-state index contributed by atoms with van der Waals surface area (Å²) in [5.41, 5.74) is 0.424. The zero-order valence-corrected chi connectivity index (χ0v) is 20.6. The van der Waals surface area contributed by atoms with Crippen LogP contribution in [-0.4, -0.2) is 31.8 Å². The van der Waals surface area contributed by atoms with Gasteiger partial charge in [0, 0.05) is 0 Å². The number of esters is 2. The smallest absolute Gasteiger partial charge is 0.338 e. The molecule has 0 atom stereocenters. The third-order valence-corrected chi connectivity index (χ3v) is 5.06. The van der Waals surface area contributed by atoms with E-state index in [4.69, 9.17) is 18.9 Å². The molecule has 0 aliphatic carbocycles. The Bertz CT molecular complexity index is 917. The van der Waals surface area contributed by atoms with Gasteiger partial charge in [-0.1, -0.05) is 44.2 Å². The second-order valence-electron chi connectivity index (χ2n) is 9.39. The Morgan fingerprint density at radius 3 is 2.12 bits per heavy atom. The molecule has 0 aliphatic rings. The van der Waals surface area contributed by atoms with Crippen molar-refractivity contribution in [1.29, 1.82) is 0 Å². The number of benzene rings is 2. The lowest BCUT2D eigenvalue weighted by atomic mass is 9.75. The van der Waals surface area contributed by atoms with Crippen LogP contribution in [0.1, 0.15) is 63.9 Å². The van der Waals surface area contributed by atoms with Gasteiger partial charge in [0.1, 0.15) is 6.61 Å². The molecule has 33 heavy (non-hydrogen) atoms. The van der Waals surface area contributed by atoms with Crippen LogP contribution in [0.4, 0.5) is 0 Å². The largest absolute Gasteiger partial charge is 0.489 e. The van der Waals surface area contributed by atoms with E-state index in [0.717, 1.165) is 5.56 Å². The molecule has 2 aromatic rings. The van der Waals surface area contributed by atoms with Gasteiger partial charge in [-0.05, 0) is 63.3 Å². The molecule has 0 amide bonds. The highest BCUT2D eigenvalue weighted by atomic mass is 16.5. The third-order valence-electron chi connectivity index (χ3n) is 5.06. The number of hydrogen-bond acceptors (Lipinski definition) is 6. The predicted molar refractivity (Wildman–Crippen MR) is 127 cm³/mol. The molecule has 0 radical (unpaired) electrons. The van der Waals surface area contributed by atoms with E-state index in [0.29, 0.717) is 43.3 Å². The summed E-state index contributed by atoms with van der Waals surface area (Å²) < 4.78 is 22.5. The van der Waals surface area contributed by atoms with E-state index in [2.05, 4.69) is 0 Å². The Morgan fingerprint density at radius 2 is 1.48 bits per heavy atom. The van der Waals surface area contributed by atoms with E-state index in [1.807, 2.05) is 58.0 Å². The lowest BCUT2D eigenvalue weighted by Crippen LogP contribution is -2.35. The van der Waals surface area contributed by atoms with E-state index in [1.165, 1.54) is 0 Å². The van der Waals surface area contributed by atoms with Crippen molar-refractivity contribution >= 4 is 11.9 Å². The number of ether oxygens (including phenoxy) is 4. The quantitative estimate of drug-likeness (QED) is 0.374. The molecule has 0 bridgehead atoms. The van der Waals surface area contributed by atoms with Crippen molar-refractivity contribution in [3.05, 3.63) is 59.7 Å². The molecule has 6 heteroatoms. The zero-order valence-electron chi connectivity index (χ0n) is 20.6. The molecule has 0 saturated carbocycles. The molecule has 2 aromatic carbocycles. The van der Waals surface area contributed by atoms with Crippen molar-refractivity contribution in [2.75, 3.05) is 19.8 Å². The lowest BCUT2D eigenvalue weighted by molar-refractivity contribution is -0.155. The number of rotatable bonds is 12. The first-order valence-electron chi connectivity index (χ1n) is 11.4. The van der Waals surface area contributed by atoms with Crippen LogP contribution in [0.25, 0.3) is 0 Å². The van der Waals surface area contributed by atoms with Crippen molar-refractivity contribution < 1.29 is 28.5 Å². The Hall–Kier alpha value is -3.02. The molecule has 180 valence electrons. The van der Waals surface area contributed by atoms with Gasteiger partial charge in [0.15, 0.2) is 11.5 Å². The summed E-state index contributed by atoms with van der Waals surface area (Å²) in [5.74, 6) is 0.347. The Morgan fingerprint density at radius 1 is 0.818 bits per heavy atom. The van der Waals surface area contributed by atoms with Crippen LogP contribution < -0.4 is 9.47 Å². The van der Waals surface area contributed by atoms with Crippen LogP contribution in [0.5, 0.6) is 11.5 Å². The fraction of sp³-hybridized carbons (Fsp3) is 0.481. The highest BCUT2D eigenvalue weighted by Gasteiger charge is 2.36. The summed E-state index contributed by atoms with van der Waals surface area (Å²) in [7, 11) is 0. The molecule has 6 nitrogen and oxygen atoms in total. The molecule has 0 aliphatic heterocycles. The Balaban J connectivity index is 2.19. The van der Waals surface area contributed by atoms with Gasteiger partial charge >= 0.3 is 11.9 Å². The standard InChI is InChI=1S/C27H36O6/c1-7-30-24(28)21-14-15-22(32-17-20-12-10-9-11-13-20)23(16-21)33-19-26(3,4)18-27(5,6)25(29)31-8-2/h9-16H,7-8,17-19H2,1-6H3. The monoisotopic (exact) mass is 456 g/mol. The van der Waals surface area contributed by atoms with Crippen LogP contribution in [0.3, 0.4) is 0 Å². The SMILES string of the molecule is CCOC(=O)c1ccc(OCc2ccccc2)c(OCC(C)(C)CC(C)(C)C(=O)OCC)c1. The van der Waals surface area contributed by atoms with Gasteiger partial charge in [0.05, 0.1) is 30.8 Å². The van der Waals surface area contributed by atoms with Crippen LogP contribution >= 0.6 is 0 Å². The Kier molecular flexibility index (Phi) is 9.32. The Labute approximate surface area is 197 Å². The molecule has 0 unspecified atom stereocenters. The summed E-state index contributed by atoms with van der Waals surface area (Å²) in [6.07, 6.45) is 0.566. The van der Waals surface area contributed by atoms with E-state index < -0.39 is 11.4 Å². The topological polar surface area (TPSA) is 71.1 Å². The van der Waals surface area contributed by atoms with Crippen molar-refractivity contribution in [3.8, 4) is 11.5 Å². The summed E-state index contributed by atoms with van der Waals surface area (Å²) in [4.78, 5) is 24.6. The van der Waals surface area contributed by atoms with Gasteiger partial charge < -0.3 is 18.9 Å². The third kappa shape index (κ3) is 8.12. The molecule has 0 spiro atoms. The number of carbonyl (C=O) groups is 2. The summed E-state index contributed by atoms with van der Waals surface area (Å²) in [6.45, 7) is 12.7. The van der Waals surface area contributed by atoms with Crippen molar-refractivity contribution in [1.82, 2.24) is 0 Å². The minimum atomic E-state index is -0.651. The second kappa shape index (κ2) is 11.7. The summed E-state index contributed by atoms with van der Waals surface area (Å²) in [6, 6.07) is 14.8. The molecule has 0 heterocycles. The van der Waals surface area contributed by atoms with Crippen molar-refractivity contribution in [3.63, 3.8) is 0 Å². The lowest BCUT2D eigenvalue weighted by Gasteiger charge is -2.33. The minimum absolute atomic E-state index is 0.228. The maximum absolute atomic E-state index is 12.3. The predicted octanol–water partition coefficient (Wildman–Crippen LogP) is 5.83. The van der Waals surface area contributed by atoms with Crippen LogP contribution in [-0.2, 0) is 20.9 Å². The molecule has 0 N–H and O–H groups in total. The normalized spacial score (nSPS) is 11.6. The average Bonchev–Trinajstić information content (AvgIpc) is 2.77. The highest BCUT2D eigenvalue weighted by molar-refractivity contribution is 5.90. The highest BCUT2D eigenvalue weighted by Crippen LogP contribution is 2.37. The van der Waals surface area contributed by atoms with Gasteiger partial charge in [-0.2, -0.15) is 0 Å². The van der Waals surface area contributed by atoms with Crippen molar-refractivity contribution in [2.24, 2.45) is 10.8 Å². The first-order chi connectivity index (χ1) is 15.6. The van der Waals surface area contributed by atoms with Gasteiger partial charge in [0.2, 0.25) is 0 Å². The van der Waals surface area contributed by atoms with Crippen LogP contribution in [0, 0.1) is 10.8 Å².